The van der Waals surface area contributed by atoms with E-state index in [0.717, 1.165) is 15.4 Å². The Morgan fingerprint density at radius 1 is 1.10 bits per heavy atom. The fraction of sp³-hybridized carbons (Fsp3) is 0.200. The quantitative estimate of drug-likeness (QED) is 0.830. The van der Waals surface area contributed by atoms with Gasteiger partial charge in [-0.25, -0.2) is 12.7 Å². The molecular weight excluding hydrogens is 354 g/mol. The molecule has 6 heteroatoms. The lowest BCUT2D eigenvalue weighted by molar-refractivity contribution is 0.194. The fourth-order valence-electron chi connectivity index (χ4n) is 2.44. The van der Waals surface area contributed by atoms with Crippen LogP contribution in [0.4, 0.5) is 5.69 Å². The maximum atomic E-state index is 12.8. The van der Waals surface area contributed by atoms with E-state index in [4.69, 9.17) is 0 Å². The molecule has 0 aliphatic carbocycles. The van der Waals surface area contributed by atoms with Crippen molar-refractivity contribution in [3.05, 3.63) is 59.7 Å². The van der Waals surface area contributed by atoms with E-state index in [1.54, 1.807) is 36.4 Å². The lowest BCUT2D eigenvalue weighted by atomic mass is 10.2. The Balaban J connectivity index is 2.13. The first kappa shape index (κ1) is 14.6. The van der Waals surface area contributed by atoms with E-state index in [9.17, 15) is 13.5 Å². The highest BCUT2D eigenvalue weighted by atomic mass is 79.9. The van der Waals surface area contributed by atoms with Crippen LogP contribution in [0.5, 0.6) is 0 Å². The van der Waals surface area contributed by atoms with Crippen molar-refractivity contribution < 1.29 is 13.5 Å². The van der Waals surface area contributed by atoms with Crippen molar-refractivity contribution in [2.24, 2.45) is 0 Å². The predicted molar refractivity (Wildman–Crippen MR) is 85.0 cm³/mol. The van der Waals surface area contributed by atoms with Gasteiger partial charge in [-0.3, -0.25) is 0 Å². The standard InChI is InChI=1S/C15H14BrNO3S/c1-10-6-8-11(9-7-10)21(19,20)17-13-5-3-2-4-12(13)14(16)15(17)18/h2-9,14-15,18H,1H3/t14-,15+/m0/s1. The van der Waals surface area contributed by atoms with Crippen molar-refractivity contribution in [2.75, 3.05) is 4.31 Å². The SMILES string of the molecule is Cc1ccc(S(=O)(=O)N2c3ccccc3[C@H](Br)[C@H]2O)cc1. The molecule has 0 unspecified atom stereocenters. The van der Waals surface area contributed by atoms with Crippen LogP contribution in [-0.2, 0) is 10.0 Å². The topological polar surface area (TPSA) is 57.6 Å². The third kappa shape index (κ3) is 2.27. The monoisotopic (exact) mass is 367 g/mol. The molecular formula is C15H14BrNO3S. The summed E-state index contributed by atoms with van der Waals surface area (Å²) < 4.78 is 26.7. The van der Waals surface area contributed by atoms with Crippen molar-refractivity contribution in [1.82, 2.24) is 0 Å². The van der Waals surface area contributed by atoms with E-state index in [0.29, 0.717) is 5.69 Å². The van der Waals surface area contributed by atoms with E-state index >= 15 is 0 Å². The Morgan fingerprint density at radius 3 is 2.38 bits per heavy atom. The number of aliphatic hydroxyl groups is 1. The summed E-state index contributed by atoms with van der Waals surface area (Å²) in [6, 6.07) is 13.7. The molecule has 0 amide bonds. The van der Waals surface area contributed by atoms with Crippen molar-refractivity contribution in [1.29, 1.82) is 0 Å². The Labute approximate surface area is 132 Å². The highest BCUT2D eigenvalue weighted by molar-refractivity contribution is 9.09. The summed E-state index contributed by atoms with van der Waals surface area (Å²) in [5.74, 6) is 0. The summed E-state index contributed by atoms with van der Waals surface area (Å²) in [7, 11) is -3.80. The maximum Gasteiger partial charge on any atom is 0.266 e. The van der Waals surface area contributed by atoms with Crippen LogP contribution in [0.3, 0.4) is 0 Å². The minimum atomic E-state index is -3.80. The van der Waals surface area contributed by atoms with Crippen LogP contribution in [0.25, 0.3) is 0 Å². The summed E-state index contributed by atoms with van der Waals surface area (Å²) in [6.07, 6.45) is -1.16. The number of para-hydroxylation sites is 1. The number of hydrogen-bond donors (Lipinski definition) is 1. The van der Waals surface area contributed by atoms with Gasteiger partial charge in [0.1, 0.15) is 0 Å². The number of hydrogen-bond acceptors (Lipinski definition) is 3. The van der Waals surface area contributed by atoms with Crippen molar-refractivity contribution >= 4 is 31.6 Å². The van der Waals surface area contributed by atoms with Gasteiger partial charge >= 0.3 is 0 Å². The summed E-state index contributed by atoms with van der Waals surface area (Å²) in [5.41, 5.74) is 2.25. The first-order chi connectivity index (χ1) is 9.93. The number of halogens is 1. The first-order valence-corrected chi connectivity index (χ1v) is 8.80. The summed E-state index contributed by atoms with van der Waals surface area (Å²) in [5, 5.41) is 10.3. The summed E-state index contributed by atoms with van der Waals surface area (Å²) >= 11 is 3.36. The molecule has 2 atom stereocenters. The number of sulfonamides is 1. The zero-order valence-electron chi connectivity index (χ0n) is 11.3. The molecule has 0 saturated carbocycles. The number of benzene rings is 2. The Hall–Kier alpha value is -1.37. The Kier molecular flexibility index (Phi) is 3.55. The molecule has 1 aliphatic heterocycles. The molecule has 4 nitrogen and oxygen atoms in total. The molecule has 0 fully saturated rings. The molecule has 0 saturated heterocycles. The number of aryl methyl sites for hydroxylation is 1. The van der Waals surface area contributed by atoms with Gasteiger partial charge in [0.15, 0.2) is 6.23 Å². The van der Waals surface area contributed by atoms with Gasteiger partial charge in [-0.1, -0.05) is 51.8 Å². The second-order valence-electron chi connectivity index (χ2n) is 4.99. The summed E-state index contributed by atoms with van der Waals surface area (Å²) in [4.78, 5) is -0.266. The lowest BCUT2D eigenvalue weighted by Gasteiger charge is -2.24. The molecule has 1 heterocycles. The number of rotatable bonds is 2. The third-order valence-electron chi connectivity index (χ3n) is 3.55. The third-order valence-corrected chi connectivity index (χ3v) is 6.32. The molecule has 2 aromatic rings. The number of aliphatic hydroxyl groups excluding tert-OH is 1. The van der Waals surface area contributed by atoms with Crippen LogP contribution in [0.1, 0.15) is 16.0 Å². The van der Waals surface area contributed by atoms with Crippen LogP contribution >= 0.6 is 15.9 Å². The Morgan fingerprint density at radius 2 is 1.71 bits per heavy atom. The normalized spacial score (nSPS) is 21.4. The number of nitrogens with zero attached hydrogens (tertiary/aromatic N) is 1. The minimum Gasteiger partial charge on any atom is -0.371 e. The number of anilines is 1. The minimum absolute atomic E-state index is 0.170. The second kappa shape index (κ2) is 5.12. The molecule has 110 valence electrons. The fourth-order valence-corrected chi connectivity index (χ4v) is 4.76. The van der Waals surface area contributed by atoms with Gasteiger partial charge in [0.25, 0.3) is 10.0 Å². The Bertz CT molecular complexity index is 774. The van der Waals surface area contributed by atoms with Gasteiger partial charge in [-0.05, 0) is 30.7 Å². The molecule has 21 heavy (non-hydrogen) atoms. The smallest absolute Gasteiger partial charge is 0.266 e. The van der Waals surface area contributed by atoms with Crippen LogP contribution in [0.15, 0.2) is 53.4 Å². The van der Waals surface area contributed by atoms with Gasteiger partial charge in [-0.15, -0.1) is 0 Å². The maximum absolute atomic E-state index is 12.8. The van der Waals surface area contributed by atoms with Gasteiger partial charge in [0, 0.05) is 0 Å². The van der Waals surface area contributed by atoms with Crippen LogP contribution in [-0.4, -0.2) is 19.8 Å². The second-order valence-corrected chi connectivity index (χ2v) is 7.79. The lowest BCUT2D eigenvalue weighted by Crippen LogP contribution is -2.38. The molecule has 2 aromatic carbocycles. The van der Waals surface area contributed by atoms with E-state index < -0.39 is 21.1 Å². The highest BCUT2D eigenvalue weighted by Gasteiger charge is 2.42. The van der Waals surface area contributed by atoms with E-state index in [1.807, 2.05) is 19.1 Å². The van der Waals surface area contributed by atoms with E-state index in [-0.39, 0.29) is 4.90 Å². The zero-order chi connectivity index (χ0) is 15.2. The van der Waals surface area contributed by atoms with Crippen LogP contribution < -0.4 is 4.31 Å². The van der Waals surface area contributed by atoms with Crippen LogP contribution in [0.2, 0.25) is 0 Å². The summed E-state index contributed by atoms with van der Waals surface area (Å²) in [6.45, 7) is 1.89. The zero-order valence-corrected chi connectivity index (χ0v) is 13.7. The molecule has 1 N–H and O–H groups in total. The highest BCUT2D eigenvalue weighted by Crippen LogP contribution is 2.45. The van der Waals surface area contributed by atoms with Crippen molar-refractivity contribution in [3.63, 3.8) is 0 Å². The molecule has 3 rings (SSSR count). The largest absolute Gasteiger partial charge is 0.371 e. The van der Waals surface area contributed by atoms with Crippen molar-refractivity contribution in [2.45, 2.75) is 22.9 Å². The molecule has 1 aliphatic rings. The predicted octanol–water partition coefficient (Wildman–Crippen LogP) is 2.96. The molecule has 0 bridgehead atoms. The average Bonchev–Trinajstić information content (AvgIpc) is 2.72. The number of alkyl halides is 1. The van der Waals surface area contributed by atoms with Gasteiger partial charge in [0.2, 0.25) is 0 Å². The first-order valence-electron chi connectivity index (χ1n) is 6.45. The van der Waals surface area contributed by atoms with Crippen molar-refractivity contribution in [3.8, 4) is 0 Å². The van der Waals surface area contributed by atoms with E-state index in [1.165, 1.54) is 0 Å². The molecule has 0 spiro atoms. The van der Waals surface area contributed by atoms with Gasteiger partial charge < -0.3 is 5.11 Å². The molecule has 0 radical (unpaired) electrons. The van der Waals surface area contributed by atoms with E-state index in [2.05, 4.69) is 15.9 Å². The van der Waals surface area contributed by atoms with Gasteiger partial charge in [-0.2, -0.15) is 0 Å². The number of fused-ring (bicyclic) bond motifs is 1. The molecule has 0 aromatic heterocycles. The van der Waals surface area contributed by atoms with Crippen LogP contribution in [0, 0.1) is 6.92 Å². The average molecular weight is 368 g/mol. The van der Waals surface area contributed by atoms with Gasteiger partial charge in [0.05, 0.1) is 15.4 Å².